The van der Waals surface area contributed by atoms with Gasteiger partial charge in [0.05, 0.1) is 24.5 Å². The SMILES string of the molecule is COCCn1ccnc1C1N(Cc2cnc(N(C)C)n2C)CC1(C)C. The van der Waals surface area contributed by atoms with E-state index in [-0.39, 0.29) is 5.41 Å². The largest absolute Gasteiger partial charge is 0.383 e. The summed E-state index contributed by atoms with van der Waals surface area (Å²) in [4.78, 5) is 13.7. The topological polar surface area (TPSA) is 51.4 Å². The van der Waals surface area contributed by atoms with Crippen molar-refractivity contribution < 1.29 is 4.74 Å². The Balaban J connectivity index is 1.80. The molecule has 0 spiro atoms. The van der Waals surface area contributed by atoms with E-state index < -0.39 is 0 Å². The van der Waals surface area contributed by atoms with Gasteiger partial charge in [-0.05, 0) is 0 Å². The highest BCUT2D eigenvalue weighted by molar-refractivity contribution is 5.31. The Morgan fingerprint density at radius 3 is 2.68 bits per heavy atom. The molecule has 2 aromatic rings. The van der Waals surface area contributed by atoms with Crippen molar-refractivity contribution in [3.63, 3.8) is 0 Å². The lowest BCUT2D eigenvalue weighted by atomic mass is 9.74. The first kappa shape index (κ1) is 17.9. The number of imidazole rings is 2. The highest BCUT2D eigenvalue weighted by Crippen LogP contribution is 2.48. The van der Waals surface area contributed by atoms with Gasteiger partial charge in [0.25, 0.3) is 0 Å². The summed E-state index contributed by atoms with van der Waals surface area (Å²) >= 11 is 0. The molecule has 1 aliphatic heterocycles. The van der Waals surface area contributed by atoms with Gasteiger partial charge in [-0.1, -0.05) is 13.8 Å². The maximum Gasteiger partial charge on any atom is 0.204 e. The summed E-state index contributed by atoms with van der Waals surface area (Å²) in [6.07, 6.45) is 5.93. The zero-order valence-corrected chi connectivity index (χ0v) is 16.2. The minimum absolute atomic E-state index is 0.207. The van der Waals surface area contributed by atoms with Gasteiger partial charge in [-0.15, -0.1) is 0 Å². The average molecular weight is 346 g/mol. The van der Waals surface area contributed by atoms with Crippen molar-refractivity contribution in [2.75, 3.05) is 39.3 Å². The molecule has 138 valence electrons. The third kappa shape index (κ3) is 3.30. The Morgan fingerprint density at radius 2 is 2.08 bits per heavy atom. The smallest absolute Gasteiger partial charge is 0.204 e. The number of anilines is 1. The molecule has 0 radical (unpaired) electrons. The highest BCUT2D eigenvalue weighted by atomic mass is 16.5. The second-order valence-electron chi connectivity index (χ2n) is 7.77. The summed E-state index contributed by atoms with van der Waals surface area (Å²) in [5.74, 6) is 2.11. The molecule has 1 fully saturated rings. The molecule has 3 rings (SSSR count). The van der Waals surface area contributed by atoms with Crippen molar-refractivity contribution in [1.82, 2.24) is 24.0 Å². The number of likely N-dealkylation sites (tertiary alicyclic amines) is 1. The summed E-state index contributed by atoms with van der Waals surface area (Å²) in [5.41, 5.74) is 1.43. The van der Waals surface area contributed by atoms with Crippen LogP contribution in [0, 0.1) is 5.41 Å². The molecule has 0 saturated carbocycles. The van der Waals surface area contributed by atoms with Gasteiger partial charge in [-0.2, -0.15) is 0 Å². The summed E-state index contributed by atoms with van der Waals surface area (Å²) < 4.78 is 9.62. The number of nitrogens with zero attached hydrogens (tertiary/aromatic N) is 6. The van der Waals surface area contributed by atoms with Crippen molar-refractivity contribution in [3.05, 3.63) is 30.1 Å². The average Bonchev–Trinajstić information content (AvgIpc) is 3.12. The quantitative estimate of drug-likeness (QED) is 0.767. The Morgan fingerprint density at radius 1 is 1.32 bits per heavy atom. The van der Waals surface area contributed by atoms with Crippen LogP contribution >= 0.6 is 0 Å². The summed E-state index contributed by atoms with van der Waals surface area (Å²) in [6, 6.07) is 0.303. The number of hydrogen-bond acceptors (Lipinski definition) is 5. The van der Waals surface area contributed by atoms with Gasteiger partial charge in [-0.25, -0.2) is 9.97 Å². The molecule has 25 heavy (non-hydrogen) atoms. The van der Waals surface area contributed by atoms with Gasteiger partial charge in [-0.3, -0.25) is 4.90 Å². The van der Waals surface area contributed by atoms with E-state index in [9.17, 15) is 0 Å². The Labute approximate surface area is 150 Å². The van der Waals surface area contributed by atoms with E-state index in [0.717, 1.165) is 31.4 Å². The van der Waals surface area contributed by atoms with Crippen LogP contribution in [0.3, 0.4) is 0 Å². The minimum atomic E-state index is 0.207. The number of rotatable bonds is 7. The normalized spacial score (nSPS) is 19.8. The monoisotopic (exact) mass is 346 g/mol. The number of methoxy groups -OCH3 is 1. The van der Waals surface area contributed by atoms with Crippen molar-refractivity contribution in [2.24, 2.45) is 12.5 Å². The van der Waals surface area contributed by atoms with E-state index >= 15 is 0 Å². The van der Waals surface area contributed by atoms with Gasteiger partial charge in [0.15, 0.2) is 0 Å². The van der Waals surface area contributed by atoms with Crippen LogP contribution in [-0.4, -0.2) is 58.4 Å². The van der Waals surface area contributed by atoms with Gasteiger partial charge >= 0.3 is 0 Å². The molecule has 3 heterocycles. The fourth-order valence-corrected chi connectivity index (χ4v) is 3.89. The van der Waals surface area contributed by atoms with Crippen LogP contribution in [0.1, 0.15) is 31.4 Å². The Bertz CT molecular complexity index is 717. The van der Waals surface area contributed by atoms with E-state index in [1.807, 2.05) is 31.4 Å². The summed E-state index contributed by atoms with van der Waals surface area (Å²) in [7, 11) is 7.86. The van der Waals surface area contributed by atoms with Crippen molar-refractivity contribution >= 4 is 5.95 Å². The molecule has 1 atom stereocenters. The number of hydrogen-bond donors (Lipinski definition) is 0. The van der Waals surface area contributed by atoms with Crippen molar-refractivity contribution in [1.29, 1.82) is 0 Å². The molecule has 7 nitrogen and oxygen atoms in total. The Kier molecular flexibility index (Phi) is 4.88. The van der Waals surface area contributed by atoms with E-state index in [1.54, 1.807) is 7.11 Å². The van der Waals surface area contributed by atoms with Crippen LogP contribution < -0.4 is 4.90 Å². The van der Waals surface area contributed by atoms with E-state index in [0.29, 0.717) is 12.6 Å². The summed E-state index contributed by atoms with van der Waals surface area (Å²) in [5, 5.41) is 0. The fraction of sp³-hybridized carbons (Fsp3) is 0.667. The summed E-state index contributed by atoms with van der Waals surface area (Å²) in [6.45, 7) is 8.10. The molecule has 7 heteroatoms. The molecule has 1 unspecified atom stereocenters. The number of ether oxygens (including phenoxy) is 1. The van der Waals surface area contributed by atoms with E-state index in [4.69, 9.17) is 4.74 Å². The zero-order chi connectivity index (χ0) is 18.2. The standard InChI is InChI=1S/C18H30N6O/c1-18(2)13-24(12-14-11-20-17(21(3)4)22(14)5)15(18)16-19-7-8-23(16)9-10-25-6/h7-8,11,15H,9-10,12-13H2,1-6H3. The van der Waals surface area contributed by atoms with Crippen molar-refractivity contribution in [3.8, 4) is 0 Å². The van der Waals surface area contributed by atoms with Crippen LogP contribution in [0.5, 0.6) is 0 Å². The van der Waals surface area contributed by atoms with Crippen LogP contribution in [-0.2, 0) is 24.9 Å². The minimum Gasteiger partial charge on any atom is -0.383 e. The van der Waals surface area contributed by atoms with Gasteiger partial charge in [0, 0.05) is 65.7 Å². The molecule has 0 N–H and O–H groups in total. The first-order valence-electron chi connectivity index (χ1n) is 8.77. The predicted molar refractivity (Wildman–Crippen MR) is 98.6 cm³/mol. The number of aromatic nitrogens is 4. The van der Waals surface area contributed by atoms with E-state index in [2.05, 4.69) is 51.1 Å². The molecular formula is C18H30N6O. The maximum atomic E-state index is 5.24. The predicted octanol–water partition coefficient (Wildman–Crippen LogP) is 1.91. The third-order valence-electron chi connectivity index (χ3n) is 5.07. The maximum absolute atomic E-state index is 5.24. The second kappa shape index (κ2) is 6.80. The molecular weight excluding hydrogens is 316 g/mol. The van der Waals surface area contributed by atoms with Crippen LogP contribution in [0.4, 0.5) is 5.95 Å². The first-order chi connectivity index (χ1) is 11.8. The molecule has 0 aromatic carbocycles. The molecule has 2 aromatic heterocycles. The van der Waals surface area contributed by atoms with Gasteiger partial charge in [0.2, 0.25) is 5.95 Å². The van der Waals surface area contributed by atoms with Crippen molar-refractivity contribution in [2.45, 2.75) is 33.0 Å². The zero-order valence-electron chi connectivity index (χ0n) is 16.2. The molecule has 1 aliphatic rings. The van der Waals surface area contributed by atoms with Gasteiger partial charge < -0.3 is 18.8 Å². The lowest BCUT2D eigenvalue weighted by Crippen LogP contribution is -2.55. The molecule has 0 bridgehead atoms. The Hall–Kier alpha value is -1.86. The van der Waals surface area contributed by atoms with Crippen LogP contribution in [0.25, 0.3) is 0 Å². The third-order valence-corrected chi connectivity index (χ3v) is 5.07. The molecule has 0 amide bonds. The van der Waals surface area contributed by atoms with Crippen LogP contribution in [0.2, 0.25) is 0 Å². The van der Waals surface area contributed by atoms with E-state index in [1.165, 1.54) is 5.69 Å². The highest BCUT2D eigenvalue weighted by Gasteiger charge is 2.48. The van der Waals surface area contributed by atoms with Crippen LogP contribution in [0.15, 0.2) is 18.6 Å². The lowest BCUT2D eigenvalue weighted by Gasteiger charge is -2.53. The first-order valence-corrected chi connectivity index (χ1v) is 8.77. The van der Waals surface area contributed by atoms with Gasteiger partial charge in [0.1, 0.15) is 5.82 Å². The fourth-order valence-electron chi connectivity index (χ4n) is 3.89. The molecule has 1 saturated heterocycles. The second-order valence-corrected chi connectivity index (χ2v) is 7.77. The molecule has 0 aliphatic carbocycles. The lowest BCUT2D eigenvalue weighted by molar-refractivity contribution is -0.0668.